The summed E-state index contributed by atoms with van der Waals surface area (Å²) >= 11 is 3.66. The lowest BCUT2D eigenvalue weighted by atomic mass is 10.5. The van der Waals surface area contributed by atoms with E-state index in [-0.39, 0.29) is 0 Å². The Kier molecular flexibility index (Phi) is 1.62. The number of fused-ring (bicyclic) bond motifs is 1. The number of hydrogen-bond acceptors (Lipinski definition) is 3. The van der Waals surface area contributed by atoms with Gasteiger partial charge in [0.05, 0.1) is 5.00 Å². The van der Waals surface area contributed by atoms with Crippen molar-refractivity contribution in [2.45, 2.75) is 0 Å². The van der Waals surface area contributed by atoms with Crippen LogP contribution >= 0.6 is 22.7 Å². The normalized spacial score (nSPS) is 10.7. The number of anilines is 1. The maximum absolute atomic E-state index is 2.24. The molecule has 2 heterocycles. The van der Waals surface area contributed by atoms with Gasteiger partial charge in [-0.3, -0.25) is 0 Å². The number of thiophene rings is 2. The molecule has 0 aromatic carbocycles. The predicted molar refractivity (Wildman–Crippen MR) is 54.0 cm³/mol. The Morgan fingerprint density at radius 1 is 1.27 bits per heavy atom. The van der Waals surface area contributed by atoms with E-state index in [2.05, 4.69) is 36.5 Å². The maximum Gasteiger partial charge on any atom is 0.0924 e. The first-order valence-corrected chi connectivity index (χ1v) is 5.11. The van der Waals surface area contributed by atoms with Crippen LogP contribution in [0.25, 0.3) is 9.40 Å². The highest BCUT2D eigenvalue weighted by atomic mass is 32.1. The van der Waals surface area contributed by atoms with E-state index in [1.807, 2.05) is 22.7 Å². The summed E-state index contributed by atoms with van der Waals surface area (Å²) in [7, 11) is 4.16. The molecule has 1 nitrogen and oxygen atoms in total. The molecule has 0 spiro atoms. The summed E-state index contributed by atoms with van der Waals surface area (Å²) in [6.07, 6.45) is 0. The minimum Gasteiger partial charge on any atom is -0.370 e. The van der Waals surface area contributed by atoms with Crippen molar-refractivity contribution in [1.29, 1.82) is 0 Å². The molecule has 2 rings (SSSR count). The Morgan fingerprint density at radius 3 is 2.73 bits per heavy atom. The van der Waals surface area contributed by atoms with Crippen molar-refractivity contribution in [3.05, 3.63) is 17.5 Å². The summed E-state index contributed by atoms with van der Waals surface area (Å²) in [5.74, 6) is 0. The van der Waals surface area contributed by atoms with Crippen molar-refractivity contribution in [3.63, 3.8) is 0 Å². The highest BCUT2D eigenvalue weighted by Gasteiger charge is 2.02. The quantitative estimate of drug-likeness (QED) is 0.657. The van der Waals surface area contributed by atoms with Crippen LogP contribution in [0.5, 0.6) is 0 Å². The standard InChI is InChI=1S/C8H9NS2/c1-9(2)8-5-7-6(11-8)3-4-10-7/h3-5H,1-2H3. The summed E-state index contributed by atoms with van der Waals surface area (Å²) in [6.45, 7) is 0. The topological polar surface area (TPSA) is 3.24 Å². The van der Waals surface area contributed by atoms with E-state index < -0.39 is 0 Å². The second-order valence-corrected chi connectivity index (χ2v) is 4.64. The molecule has 0 bridgehead atoms. The molecule has 2 aromatic rings. The minimum atomic E-state index is 1.34. The average molecular weight is 183 g/mol. The predicted octanol–water partition coefficient (Wildman–Crippen LogP) is 3.03. The molecule has 11 heavy (non-hydrogen) atoms. The van der Waals surface area contributed by atoms with Crippen molar-refractivity contribution >= 4 is 37.1 Å². The van der Waals surface area contributed by atoms with Gasteiger partial charge < -0.3 is 4.90 Å². The summed E-state index contributed by atoms with van der Waals surface area (Å²) in [6, 6.07) is 4.42. The van der Waals surface area contributed by atoms with E-state index in [9.17, 15) is 0 Å². The Morgan fingerprint density at radius 2 is 2.09 bits per heavy atom. The zero-order valence-electron chi connectivity index (χ0n) is 6.50. The third-order valence-corrected chi connectivity index (χ3v) is 3.83. The van der Waals surface area contributed by atoms with E-state index >= 15 is 0 Å². The third-order valence-electron chi connectivity index (χ3n) is 1.57. The number of rotatable bonds is 1. The monoisotopic (exact) mass is 183 g/mol. The molecular weight excluding hydrogens is 174 g/mol. The first-order chi connectivity index (χ1) is 5.27. The molecule has 3 heteroatoms. The van der Waals surface area contributed by atoms with E-state index in [0.29, 0.717) is 0 Å². The first kappa shape index (κ1) is 7.13. The van der Waals surface area contributed by atoms with Gasteiger partial charge in [0, 0.05) is 23.5 Å². The van der Waals surface area contributed by atoms with Crippen molar-refractivity contribution < 1.29 is 0 Å². The molecule has 0 aliphatic heterocycles. The van der Waals surface area contributed by atoms with Gasteiger partial charge >= 0.3 is 0 Å². The third kappa shape index (κ3) is 1.14. The van der Waals surface area contributed by atoms with Crippen LogP contribution in [0.15, 0.2) is 17.5 Å². The van der Waals surface area contributed by atoms with Gasteiger partial charge in [-0.2, -0.15) is 0 Å². The van der Waals surface area contributed by atoms with Gasteiger partial charge in [0.25, 0.3) is 0 Å². The Hall–Kier alpha value is -0.540. The molecule has 58 valence electrons. The van der Waals surface area contributed by atoms with Crippen molar-refractivity contribution in [2.24, 2.45) is 0 Å². The fourth-order valence-electron chi connectivity index (χ4n) is 0.973. The second-order valence-electron chi connectivity index (χ2n) is 2.63. The molecule has 0 atom stereocenters. The average Bonchev–Trinajstić information content (AvgIpc) is 2.40. The Bertz CT molecular complexity index is 330. The molecule has 0 N–H and O–H groups in total. The van der Waals surface area contributed by atoms with Crippen molar-refractivity contribution in [2.75, 3.05) is 19.0 Å². The van der Waals surface area contributed by atoms with Gasteiger partial charge in [0.15, 0.2) is 0 Å². The van der Waals surface area contributed by atoms with Crippen molar-refractivity contribution in [1.82, 2.24) is 0 Å². The van der Waals surface area contributed by atoms with Crippen LogP contribution in [0.2, 0.25) is 0 Å². The van der Waals surface area contributed by atoms with Crippen LogP contribution in [-0.2, 0) is 0 Å². The van der Waals surface area contributed by atoms with Crippen LogP contribution < -0.4 is 4.90 Å². The lowest BCUT2D eigenvalue weighted by molar-refractivity contribution is 1.16. The molecule has 0 saturated carbocycles. The first-order valence-electron chi connectivity index (χ1n) is 3.42. The molecule has 0 aliphatic rings. The van der Waals surface area contributed by atoms with Crippen LogP contribution in [0.1, 0.15) is 0 Å². The van der Waals surface area contributed by atoms with E-state index in [1.165, 1.54) is 14.4 Å². The summed E-state index contributed by atoms with van der Waals surface area (Å²) in [5.41, 5.74) is 0. The van der Waals surface area contributed by atoms with Gasteiger partial charge in [-0.05, 0) is 17.5 Å². The minimum absolute atomic E-state index is 1.34. The van der Waals surface area contributed by atoms with Crippen LogP contribution in [-0.4, -0.2) is 14.1 Å². The molecule has 0 radical (unpaired) electrons. The molecule has 0 fully saturated rings. The lowest BCUT2D eigenvalue weighted by Crippen LogP contribution is -2.05. The maximum atomic E-state index is 2.24. The van der Waals surface area contributed by atoms with Crippen LogP contribution in [0, 0.1) is 0 Å². The van der Waals surface area contributed by atoms with Gasteiger partial charge in [-0.15, -0.1) is 22.7 Å². The zero-order valence-corrected chi connectivity index (χ0v) is 8.13. The van der Waals surface area contributed by atoms with Crippen molar-refractivity contribution in [3.8, 4) is 0 Å². The summed E-state index contributed by atoms with van der Waals surface area (Å²) in [4.78, 5) is 2.15. The van der Waals surface area contributed by atoms with Gasteiger partial charge in [0.2, 0.25) is 0 Å². The Labute approximate surface area is 73.9 Å². The number of hydrogen-bond donors (Lipinski definition) is 0. The van der Waals surface area contributed by atoms with Gasteiger partial charge in [-0.1, -0.05) is 0 Å². The largest absolute Gasteiger partial charge is 0.370 e. The molecule has 0 unspecified atom stereocenters. The van der Waals surface area contributed by atoms with Gasteiger partial charge in [0.1, 0.15) is 0 Å². The SMILES string of the molecule is CN(C)c1cc2sccc2s1. The van der Waals surface area contributed by atoms with Gasteiger partial charge in [-0.25, -0.2) is 0 Å². The highest BCUT2D eigenvalue weighted by Crippen LogP contribution is 2.34. The van der Waals surface area contributed by atoms with E-state index in [1.54, 1.807) is 0 Å². The summed E-state index contributed by atoms with van der Waals surface area (Å²) in [5, 5.41) is 3.48. The molecule has 0 saturated heterocycles. The number of nitrogens with zero attached hydrogens (tertiary/aromatic N) is 1. The van der Waals surface area contributed by atoms with E-state index in [0.717, 1.165) is 0 Å². The smallest absolute Gasteiger partial charge is 0.0924 e. The fourth-order valence-corrected chi connectivity index (χ4v) is 3.00. The zero-order chi connectivity index (χ0) is 7.84. The van der Waals surface area contributed by atoms with E-state index in [4.69, 9.17) is 0 Å². The second kappa shape index (κ2) is 2.50. The van der Waals surface area contributed by atoms with Crippen LogP contribution in [0.4, 0.5) is 5.00 Å². The molecule has 2 aromatic heterocycles. The highest BCUT2D eigenvalue weighted by molar-refractivity contribution is 7.29. The Balaban J connectivity index is 2.58. The summed E-state index contributed by atoms with van der Waals surface area (Å²) < 4.78 is 2.80. The van der Waals surface area contributed by atoms with Crippen LogP contribution in [0.3, 0.4) is 0 Å². The lowest BCUT2D eigenvalue weighted by Gasteiger charge is -2.06. The molecule has 0 amide bonds. The fraction of sp³-hybridized carbons (Fsp3) is 0.250. The molecule has 0 aliphatic carbocycles. The molecular formula is C8H9NS2.